The first-order valence-corrected chi connectivity index (χ1v) is 7.74. The summed E-state index contributed by atoms with van der Waals surface area (Å²) >= 11 is 3.04. The van der Waals surface area contributed by atoms with Crippen LogP contribution in [0.5, 0.6) is 0 Å². The minimum atomic E-state index is 0.0180. The minimum absolute atomic E-state index is 0.0180. The van der Waals surface area contributed by atoms with Crippen LogP contribution in [-0.4, -0.2) is 41.9 Å². The van der Waals surface area contributed by atoms with Crippen LogP contribution in [-0.2, 0) is 9.53 Å². The van der Waals surface area contributed by atoms with E-state index in [-0.39, 0.29) is 5.91 Å². The summed E-state index contributed by atoms with van der Waals surface area (Å²) in [6, 6.07) is 1.95. The molecule has 5 nitrogen and oxygen atoms in total. The molecule has 2 aromatic heterocycles. The summed E-state index contributed by atoms with van der Waals surface area (Å²) in [5.74, 6) is 0.390. The van der Waals surface area contributed by atoms with Crippen LogP contribution < -0.4 is 5.32 Å². The zero-order valence-corrected chi connectivity index (χ0v) is 12.2. The molecular weight excluding hydrogens is 282 g/mol. The highest BCUT2D eigenvalue weighted by atomic mass is 32.2. The van der Waals surface area contributed by atoms with Gasteiger partial charge in [-0.1, -0.05) is 11.8 Å². The number of carbonyl (C=O) groups excluding carboxylic acids is 1. The second-order valence-electron chi connectivity index (χ2n) is 3.80. The molecule has 1 amide bonds. The lowest BCUT2D eigenvalue weighted by atomic mass is 10.4. The van der Waals surface area contributed by atoms with Gasteiger partial charge in [-0.05, 0) is 17.9 Å². The first-order chi connectivity index (χ1) is 9.31. The lowest BCUT2D eigenvalue weighted by molar-refractivity contribution is -0.118. The van der Waals surface area contributed by atoms with E-state index in [1.54, 1.807) is 18.4 Å². The molecule has 1 N–H and O–H groups in total. The summed E-state index contributed by atoms with van der Waals surface area (Å²) < 4.78 is 5.96. The summed E-state index contributed by atoms with van der Waals surface area (Å²) in [7, 11) is 1.65. The summed E-state index contributed by atoms with van der Waals surface area (Å²) in [6.45, 7) is 1.31. The highest BCUT2D eigenvalue weighted by Gasteiger charge is 2.08. The third-order valence-electron chi connectivity index (χ3n) is 2.40. The Hall–Kier alpha value is -1.18. The van der Waals surface area contributed by atoms with E-state index in [9.17, 15) is 4.79 Å². The first-order valence-electron chi connectivity index (χ1n) is 5.88. The van der Waals surface area contributed by atoms with E-state index >= 15 is 0 Å². The maximum absolute atomic E-state index is 11.6. The number of nitrogens with one attached hydrogen (secondary N) is 1. The smallest absolute Gasteiger partial charge is 0.230 e. The number of thioether (sulfide) groups is 1. The molecule has 0 fully saturated rings. The van der Waals surface area contributed by atoms with Crippen LogP contribution in [0.2, 0.25) is 0 Å². The van der Waals surface area contributed by atoms with Gasteiger partial charge in [-0.15, -0.1) is 11.3 Å². The van der Waals surface area contributed by atoms with E-state index in [4.69, 9.17) is 4.74 Å². The standard InChI is InChI=1S/C12H15N3O2S2/c1-17-5-2-4-13-10(16)7-19-12-11-9(3-6-18-11)14-8-15-12/h3,6,8H,2,4-5,7H2,1H3,(H,13,16). The van der Waals surface area contributed by atoms with Gasteiger partial charge in [0.05, 0.1) is 16.0 Å². The zero-order chi connectivity index (χ0) is 13.5. The number of ether oxygens (including phenoxy) is 1. The molecule has 0 aromatic carbocycles. The van der Waals surface area contributed by atoms with Gasteiger partial charge in [-0.2, -0.15) is 0 Å². The van der Waals surface area contributed by atoms with E-state index in [0.717, 1.165) is 21.7 Å². The molecule has 2 rings (SSSR count). The van der Waals surface area contributed by atoms with Crippen molar-refractivity contribution in [2.75, 3.05) is 26.0 Å². The molecule has 0 spiro atoms. The molecule has 19 heavy (non-hydrogen) atoms. The Kier molecular flexibility index (Phi) is 5.56. The number of fused-ring (bicyclic) bond motifs is 1. The fraction of sp³-hybridized carbons (Fsp3) is 0.417. The van der Waals surface area contributed by atoms with Crippen molar-refractivity contribution in [1.29, 1.82) is 0 Å². The lowest BCUT2D eigenvalue weighted by Gasteiger charge is -2.04. The highest BCUT2D eigenvalue weighted by molar-refractivity contribution is 8.00. The molecule has 0 unspecified atom stereocenters. The molecule has 7 heteroatoms. The van der Waals surface area contributed by atoms with Crippen LogP contribution in [0.3, 0.4) is 0 Å². The molecule has 0 aliphatic carbocycles. The largest absolute Gasteiger partial charge is 0.385 e. The number of aromatic nitrogens is 2. The van der Waals surface area contributed by atoms with Crippen molar-refractivity contribution in [3.63, 3.8) is 0 Å². The molecule has 0 saturated heterocycles. The van der Waals surface area contributed by atoms with Crippen LogP contribution in [0.15, 0.2) is 22.8 Å². The van der Waals surface area contributed by atoms with Crippen LogP contribution in [0.4, 0.5) is 0 Å². The number of nitrogens with zero attached hydrogens (tertiary/aromatic N) is 2. The van der Waals surface area contributed by atoms with Gasteiger partial charge in [0.25, 0.3) is 0 Å². The molecule has 2 heterocycles. The predicted molar refractivity (Wildman–Crippen MR) is 77.6 cm³/mol. The topological polar surface area (TPSA) is 64.1 Å². The van der Waals surface area contributed by atoms with Crippen LogP contribution in [0.1, 0.15) is 6.42 Å². The second kappa shape index (κ2) is 7.42. The lowest BCUT2D eigenvalue weighted by Crippen LogP contribution is -2.26. The summed E-state index contributed by atoms with van der Waals surface area (Å²) in [4.78, 5) is 20.0. The van der Waals surface area contributed by atoms with E-state index in [0.29, 0.717) is 18.9 Å². The molecule has 0 radical (unpaired) electrons. The second-order valence-corrected chi connectivity index (χ2v) is 5.68. The number of thiophene rings is 1. The van der Waals surface area contributed by atoms with Gasteiger partial charge < -0.3 is 10.1 Å². The van der Waals surface area contributed by atoms with Gasteiger partial charge in [0.2, 0.25) is 5.91 Å². The van der Waals surface area contributed by atoms with Crippen molar-refractivity contribution in [3.05, 3.63) is 17.8 Å². The zero-order valence-electron chi connectivity index (χ0n) is 10.6. The van der Waals surface area contributed by atoms with E-state index in [2.05, 4.69) is 15.3 Å². The summed E-state index contributed by atoms with van der Waals surface area (Å²) in [5, 5.41) is 5.70. The maximum Gasteiger partial charge on any atom is 0.230 e. The van der Waals surface area contributed by atoms with Gasteiger partial charge >= 0.3 is 0 Å². The number of hydrogen-bond donors (Lipinski definition) is 1. The summed E-state index contributed by atoms with van der Waals surface area (Å²) in [6.07, 6.45) is 2.36. The minimum Gasteiger partial charge on any atom is -0.385 e. The normalized spacial score (nSPS) is 10.8. The number of methoxy groups -OCH3 is 1. The number of carbonyl (C=O) groups is 1. The molecule has 0 atom stereocenters. The van der Waals surface area contributed by atoms with Crippen molar-refractivity contribution < 1.29 is 9.53 Å². The molecule has 0 aliphatic rings. The van der Waals surface area contributed by atoms with E-state index in [1.807, 2.05) is 11.4 Å². The molecule has 0 aliphatic heterocycles. The van der Waals surface area contributed by atoms with Gasteiger partial charge in [-0.25, -0.2) is 9.97 Å². The SMILES string of the molecule is COCCCNC(=O)CSc1ncnc2ccsc12. The highest BCUT2D eigenvalue weighted by Crippen LogP contribution is 2.28. The fourth-order valence-electron chi connectivity index (χ4n) is 1.50. The van der Waals surface area contributed by atoms with Gasteiger partial charge in [0.15, 0.2) is 0 Å². The van der Waals surface area contributed by atoms with Crippen LogP contribution >= 0.6 is 23.1 Å². The molecule has 0 saturated carbocycles. The Morgan fingerprint density at radius 3 is 3.26 bits per heavy atom. The Morgan fingerprint density at radius 1 is 1.53 bits per heavy atom. The van der Waals surface area contributed by atoms with Crippen molar-refractivity contribution in [1.82, 2.24) is 15.3 Å². The Morgan fingerprint density at radius 2 is 2.42 bits per heavy atom. The average Bonchev–Trinajstić information content (AvgIpc) is 2.90. The fourth-order valence-corrected chi connectivity index (χ4v) is 3.27. The van der Waals surface area contributed by atoms with Crippen molar-refractivity contribution in [3.8, 4) is 0 Å². The first kappa shape index (κ1) is 14.2. The Bertz CT molecular complexity index is 545. The molecule has 2 aromatic rings. The Labute approximate surface area is 119 Å². The predicted octanol–water partition coefficient (Wildman–Crippen LogP) is 1.94. The summed E-state index contributed by atoms with van der Waals surface area (Å²) in [5.41, 5.74) is 0.933. The van der Waals surface area contributed by atoms with Gasteiger partial charge in [0.1, 0.15) is 11.4 Å². The third-order valence-corrected chi connectivity index (χ3v) is 4.43. The van der Waals surface area contributed by atoms with Crippen LogP contribution in [0.25, 0.3) is 10.2 Å². The van der Waals surface area contributed by atoms with Crippen molar-refractivity contribution >= 4 is 39.2 Å². The quantitative estimate of drug-likeness (QED) is 0.481. The molecular formula is C12H15N3O2S2. The maximum atomic E-state index is 11.6. The van der Waals surface area contributed by atoms with Crippen LogP contribution in [0, 0.1) is 0 Å². The number of rotatable bonds is 7. The van der Waals surface area contributed by atoms with Gasteiger partial charge in [0, 0.05) is 20.3 Å². The monoisotopic (exact) mass is 297 g/mol. The molecule has 102 valence electrons. The van der Waals surface area contributed by atoms with Gasteiger partial charge in [-0.3, -0.25) is 4.79 Å². The number of amides is 1. The van der Waals surface area contributed by atoms with Crippen molar-refractivity contribution in [2.24, 2.45) is 0 Å². The van der Waals surface area contributed by atoms with E-state index < -0.39 is 0 Å². The third kappa shape index (κ3) is 4.15. The number of hydrogen-bond acceptors (Lipinski definition) is 6. The Balaban J connectivity index is 1.82. The average molecular weight is 297 g/mol. The van der Waals surface area contributed by atoms with E-state index in [1.165, 1.54) is 18.1 Å². The van der Waals surface area contributed by atoms with Crippen molar-refractivity contribution in [2.45, 2.75) is 11.4 Å². The molecule has 0 bridgehead atoms.